The zero-order chi connectivity index (χ0) is 22.1. The van der Waals surface area contributed by atoms with Gasteiger partial charge in [0.05, 0.1) is 24.2 Å². The molecule has 5 heteroatoms. The minimum atomic E-state index is -0.360. The molecule has 0 N–H and O–H groups in total. The van der Waals surface area contributed by atoms with E-state index in [1.54, 1.807) is 7.11 Å². The van der Waals surface area contributed by atoms with Crippen LogP contribution in [-0.4, -0.2) is 42.1 Å². The molecule has 0 saturated carbocycles. The largest absolute Gasteiger partial charge is 0.497 e. The van der Waals surface area contributed by atoms with Crippen LogP contribution in [0, 0.1) is 11.8 Å². The van der Waals surface area contributed by atoms with Gasteiger partial charge in [0.1, 0.15) is 11.9 Å². The lowest BCUT2D eigenvalue weighted by Crippen LogP contribution is -2.55. The summed E-state index contributed by atoms with van der Waals surface area (Å²) in [6.07, 6.45) is 4.95. The number of benzene rings is 2. The van der Waals surface area contributed by atoms with Crippen LogP contribution in [0.2, 0.25) is 0 Å². The lowest BCUT2D eigenvalue weighted by atomic mass is 9.72. The molecule has 3 aromatic rings. The topological polar surface area (TPSA) is 51.7 Å². The van der Waals surface area contributed by atoms with Crippen LogP contribution in [0.5, 0.6) is 5.75 Å². The molecule has 32 heavy (non-hydrogen) atoms. The van der Waals surface area contributed by atoms with Gasteiger partial charge in [-0.25, -0.2) is 4.79 Å². The fraction of sp³-hybridized carbons (Fsp3) is 0.407. The average molecular weight is 431 g/mol. The van der Waals surface area contributed by atoms with Gasteiger partial charge in [-0.1, -0.05) is 31.5 Å². The summed E-state index contributed by atoms with van der Waals surface area (Å²) in [6.45, 7) is 4.44. The molecule has 4 heterocycles. The van der Waals surface area contributed by atoms with Gasteiger partial charge in [0, 0.05) is 23.7 Å². The maximum Gasteiger partial charge on any atom is 0.338 e. The molecule has 3 fully saturated rings. The molecule has 0 aliphatic carbocycles. The highest BCUT2D eigenvalue weighted by atomic mass is 16.5. The molecule has 3 aliphatic heterocycles. The second kappa shape index (κ2) is 8.91. The number of esters is 1. The molecule has 166 valence electrons. The number of hydrogen-bond donors (Lipinski definition) is 0. The summed E-state index contributed by atoms with van der Waals surface area (Å²) in [5.74, 6) is 1.92. The van der Waals surface area contributed by atoms with E-state index >= 15 is 0 Å². The van der Waals surface area contributed by atoms with Gasteiger partial charge < -0.3 is 9.47 Å². The van der Waals surface area contributed by atoms with Crippen molar-refractivity contribution in [2.24, 2.45) is 11.8 Å². The quantitative estimate of drug-likeness (QED) is 0.499. The van der Waals surface area contributed by atoms with Crippen LogP contribution in [0.1, 0.15) is 48.2 Å². The van der Waals surface area contributed by atoms with E-state index in [0.29, 0.717) is 11.5 Å². The van der Waals surface area contributed by atoms with Crippen molar-refractivity contribution in [1.29, 1.82) is 0 Å². The highest BCUT2D eigenvalue weighted by Gasteiger charge is 2.44. The molecule has 0 spiro atoms. The predicted octanol–water partition coefficient (Wildman–Crippen LogP) is 5.26. The van der Waals surface area contributed by atoms with Gasteiger partial charge in [-0.3, -0.25) is 9.88 Å². The Morgan fingerprint density at radius 2 is 2.03 bits per heavy atom. The Labute approximate surface area is 189 Å². The Hall–Kier alpha value is -2.92. The zero-order valence-corrected chi connectivity index (χ0v) is 18.7. The Kier molecular flexibility index (Phi) is 5.83. The molecule has 5 nitrogen and oxygen atoms in total. The van der Waals surface area contributed by atoms with Crippen molar-refractivity contribution in [3.63, 3.8) is 0 Å². The zero-order valence-electron chi connectivity index (χ0n) is 18.7. The molecule has 6 rings (SSSR count). The lowest BCUT2D eigenvalue weighted by molar-refractivity contribution is -0.0659. The first-order valence-corrected chi connectivity index (χ1v) is 11.6. The van der Waals surface area contributed by atoms with E-state index in [9.17, 15) is 4.79 Å². The molecule has 3 aliphatic rings. The van der Waals surface area contributed by atoms with E-state index in [4.69, 9.17) is 9.47 Å². The molecule has 3 saturated heterocycles. The SMILES string of the molecule is CC[C@H]1CN2CC[C@H]1C[C@H]2[C@H](OC(=O)c1ccccc1)c1ccnc2ccc(OC)cc12. The second-order valence-corrected chi connectivity index (χ2v) is 8.99. The first-order chi connectivity index (χ1) is 15.7. The number of ether oxygens (including phenoxy) is 2. The van der Waals surface area contributed by atoms with Gasteiger partial charge in [-0.2, -0.15) is 0 Å². The molecular formula is C27H30N2O3. The molecule has 2 bridgehead atoms. The third kappa shape index (κ3) is 3.86. The number of fused-ring (bicyclic) bond motifs is 4. The van der Waals surface area contributed by atoms with E-state index in [2.05, 4.69) is 16.8 Å². The van der Waals surface area contributed by atoms with Crippen LogP contribution < -0.4 is 4.74 Å². The smallest absolute Gasteiger partial charge is 0.338 e. The molecule has 5 atom stereocenters. The third-order valence-corrected chi connectivity index (χ3v) is 7.34. The van der Waals surface area contributed by atoms with Crippen LogP contribution in [0.25, 0.3) is 10.9 Å². The van der Waals surface area contributed by atoms with E-state index in [1.807, 2.05) is 60.8 Å². The van der Waals surface area contributed by atoms with Crippen molar-refractivity contribution in [3.8, 4) is 5.75 Å². The van der Waals surface area contributed by atoms with Crippen molar-refractivity contribution in [2.75, 3.05) is 20.2 Å². The fourth-order valence-electron chi connectivity index (χ4n) is 5.59. The minimum absolute atomic E-state index is 0.168. The number of carbonyl (C=O) groups excluding carboxylic acids is 1. The summed E-state index contributed by atoms with van der Waals surface area (Å²) in [4.78, 5) is 20.3. The molecule has 1 aromatic heterocycles. The number of hydrogen-bond acceptors (Lipinski definition) is 5. The van der Waals surface area contributed by atoms with Gasteiger partial charge >= 0.3 is 5.97 Å². The standard InChI is InChI=1S/C27H30N2O3/c1-3-18-17-29-14-12-20(18)15-25(29)26(32-27(30)19-7-5-4-6-8-19)22-11-13-28-24-10-9-21(31-2)16-23(22)24/h4-11,13,16,18,20,25-26H,3,12,14-15,17H2,1-2H3/t18-,20-,25-,26+/m0/s1. The summed E-state index contributed by atoms with van der Waals surface area (Å²) in [5.41, 5.74) is 2.46. The monoisotopic (exact) mass is 430 g/mol. The van der Waals surface area contributed by atoms with Crippen LogP contribution in [0.15, 0.2) is 60.8 Å². The van der Waals surface area contributed by atoms with Crippen LogP contribution in [0.4, 0.5) is 0 Å². The van der Waals surface area contributed by atoms with Crippen LogP contribution >= 0.6 is 0 Å². The normalized spacial score (nSPS) is 25.4. The second-order valence-electron chi connectivity index (χ2n) is 8.99. The molecule has 0 amide bonds. The van der Waals surface area contributed by atoms with Crippen molar-refractivity contribution >= 4 is 16.9 Å². The number of piperidine rings is 3. The van der Waals surface area contributed by atoms with E-state index < -0.39 is 0 Å². The van der Waals surface area contributed by atoms with E-state index in [1.165, 1.54) is 12.8 Å². The van der Waals surface area contributed by atoms with E-state index in [-0.39, 0.29) is 18.1 Å². The summed E-state index contributed by atoms with van der Waals surface area (Å²) in [7, 11) is 1.67. The number of aromatic nitrogens is 1. The van der Waals surface area contributed by atoms with Gasteiger partial charge in [-0.15, -0.1) is 0 Å². The molecule has 0 radical (unpaired) electrons. The highest BCUT2D eigenvalue weighted by Crippen LogP contribution is 2.44. The summed E-state index contributed by atoms with van der Waals surface area (Å²) >= 11 is 0. The van der Waals surface area contributed by atoms with Gasteiger partial charge in [0.25, 0.3) is 0 Å². The minimum Gasteiger partial charge on any atom is -0.497 e. The van der Waals surface area contributed by atoms with E-state index in [0.717, 1.165) is 47.6 Å². The number of pyridine rings is 1. The van der Waals surface area contributed by atoms with Crippen molar-refractivity contribution < 1.29 is 14.3 Å². The third-order valence-electron chi connectivity index (χ3n) is 7.34. The maximum atomic E-state index is 13.2. The first-order valence-electron chi connectivity index (χ1n) is 11.6. The Morgan fingerprint density at radius 1 is 1.19 bits per heavy atom. The Morgan fingerprint density at radius 3 is 2.75 bits per heavy atom. The molecular weight excluding hydrogens is 400 g/mol. The molecule has 1 unspecified atom stereocenters. The summed E-state index contributed by atoms with van der Waals surface area (Å²) < 4.78 is 11.8. The van der Waals surface area contributed by atoms with Gasteiger partial charge in [0.2, 0.25) is 0 Å². The van der Waals surface area contributed by atoms with Gasteiger partial charge in [-0.05, 0) is 67.6 Å². The van der Waals surface area contributed by atoms with Crippen LogP contribution in [0.3, 0.4) is 0 Å². The fourth-order valence-corrected chi connectivity index (χ4v) is 5.59. The Bertz CT molecular complexity index is 1100. The Balaban J connectivity index is 1.56. The van der Waals surface area contributed by atoms with Gasteiger partial charge in [0.15, 0.2) is 0 Å². The summed E-state index contributed by atoms with van der Waals surface area (Å²) in [5, 5.41) is 0.979. The predicted molar refractivity (Wildman–Crippen MR) is 125 cm³/mol. The first kappa shape index (κ1) is 21.0. The lowest BCUT2D eigenvalue weighted by Gasteiger charge is -2.51. The number of rotatable bonds is 6. The number of carbonyl (C=O) groups is 1. The average Bonchev–Trinajstić information content (AvgIpc) is 2.87. The number of methoxy groups -OCH3 is 1. The highest BCUT2D eigenvalue weighted by molar-refractivity contribution is 5.90. The van der Waals surface area contributed by atoms with Crippen molar-refractivity contribution in [3.05, 3.63) is 71.9 Å². The maximum absolute atomic E-state index is 13.2. The van der Waals surface area contributed by atoms with Crippen molar-refractivity contribution in [2.45, 2.75) is 38.3 Å². The summed E-state index contributed by atoms with van der Waals surface area (Å²) in [6, 6.07) is 17.3. The van der Waals surface area contributed by atoms with Crippen LogP contribution in [-0.2, 0) is 4.74 Å². The van der Waals surface area contributed by atoms with Crippen molar-refractivity contribution in [1.82, 2.24) is 9.88 Å². The molecule has 2 aromatic carbocycles. The number of nitrogens with zero attached hydrogens (tertiary/aromatic N) is 2.